The highest BCUT2D eigenvalue weighted by Gasteiger charge is 2.20. The molecule has 5 aromatic rings. The molecule has 9 heteroatoms. The lowest BCUT2D eigenvalue weighted by atomic mass is 10.2. The Kier molecular flexibility index (Phi) is 4.93. The summed E-state index contributed by atoms with van der Waals surface area (Å²) in [7, 11) is 1.61. The van der Waals surface area contributed by atoms with Crippen LogP contribution in [0.3, 0.4) is 0 Å². The maximum Gasteiger partial charge on any atom is 0.272 e. The zero-order valence-electron chi connectivity index (χ0n) is 16.6. The average Bonchev–Trinajstić information content (AvgIpc) is 3.56. The van der Waals surface area contributed by atoms with Gasteiger partial charge in [-0.05, 0) is 18.2 Å². The van der Waals surface area contributed by atoms with E-state index in [1.165, 1.54) is 11.3 Å². The van der Waals surface area contributed by atoms with E-state index in [4.69, 9.17) is 4.74 Å². The van der Waals surface area contributed by atoms with Crippen molar-refractivity contribution >= 4 is 22.8 Å². The Morgan fingerprint density at radius 2 is 2.03 bits per heavy atom. The van der Waals surface area contributed by atoms with E-state index >= 15 is 0 Å². The minimum Gasteiger partial charge on any atom is -0.496 e. The molecule has 0 fully saturated rings. The van der Waals surface area contributed by atoms with E-state index in [0.29, 0.717) is 29.3 Å². The Morgan fingerprint density at radius 3 is 2.87 bits per heavy atom. The van der Waals surface area contributed by atoms with Gasteiger partial charge in [-0.2, -0.15) is 0 Å². The molecule has 0 aliphatic carbocycles. The highest BCUT2D eigenvalue weighted by Crippen LogP contribution is 2.23. The lowest BCUT2D eigenvalue weighted by molar-refractivity contribution is 0.0948. The van der Waals surface area contributed by atoms with Crippen molar-refractivity contribution in [3.63, 3.8) is 0 Å². The minimum absolute atomic E-state index is 0.264. The molecule has 0 unspecified atom stereocenters. The van der Waals surface area contributed by atoms with E-state index in [9.17, 15) is 4.79 Å². The number of nitrogens with one attached hydrogen (secondary N) is 1. The number of fused-ring (bicyclic) bond motifs is 1. The number of rotatable bonds is 6. The number of thiazole rings is 1. The number of aromatic nitrogens is 5. The molecule has 0 bridgehead atoms. The highest BCUT2D eigenvalue weighted by molar-refractivity contribution is 7.12. The molecular formula is C22H18N6O2S. The first-order chi connectivity index (χ1) is 15.2. The highest BCUT2D eigenvalue weighted by atomic mass is 32.1. The molecule has 5 rings (SSSR count). The molecule has 154 valence electrons. The second-order valence-corrected chi connectivity index (χ2v) is 7.59. The van der Waals surface area contributed by atoms with Gasteiger partial charge in [-0.3, -0.25) is 13.8 Å². The van der Waals surface area contributed by atoms with E-state index in [-0.39, 0.29) is 5.91 Å². The number of carbonyl (C=O) groups excluding carboxylic acids is 1. The molecule has 0 spiro atoms. The van der Waals surface area contributed by atoms with Gasteiger partial charge in [0.05, 0.1) is 12.6 Å². The third kappa shape index (κ3) is 3.55. The Morgan fingerprint density at radius 1 is 1.16 bits per heavy atom. The number of nitrogens with zero attached hydrogens (tertiary/aromatic N) is 5. The molecule has 1 aromatic carbocycles. The second-order valence-electron chi connectivity index (χ2n) is 6.72. The molecule has 4 heterocycles. The van der Waals surface area contributed by atoms with Gasteiger partial charge in [-0.25, -0.2) is 15.0 Å². The van der Waals surface area contributed by atoms with Crippen molar-refractivity contribution in [1.82, 2.24) is 29.2 Å². The molecule has 0 aliphatic rings. The standard InChI is InChI=1S/C22H18N6O2S/c1-30-18-8-3-2-6-15(18)12-24-21(29)19-17-7-4-5-10-28(17)20(26-19)16-13-27(14-25-16)22-23-9-11-31-22/h2-11,13-14H,12H2,1H3,(H,24,29). The summed E-state index contributed by atoms with van der Waals surface area (Å²) in [5.74, 6) is 1.06. The van der Waals surface area contributed by atoms with Crippen LogP contribution < -0.4 is 10.1 Å². The van der Waals surface area contributed by atoms with Crippen molar-refractivity contribution in [2.75, 3.05) is 7.11 Å². The van der Waals surface area contributed by atoms with Crippen LogP contribution in [0.5, 0.6) is 5.75 Å². The predicted molar refractivity (Wildman–Crippen MR) is 118 cm³/mol. The van der Waals surface area contributed by atoms with Crippen LogP contribution >= 0.6 is 11.3 Å². The van der Waals surface area contributed by atoms with Crippen LogP contribution in [0.15, 0.2) is 72.8 Å². The first-order valence-corrected chi connectivity index (χ1v) is 10.4. The van der Waals surface area contributed by atoms with Gasteiger partial charge in [0.1, 0.15) is 17.8 Å². The number of ether oxygens (including phenoxy) is 1. The Balaban J connectivity index is 1.47. The van der Waals surface area contributed by atoms with Gasteiger partial charge in [0, 0.05) is 36.1 Å². The SMILES string of the molecule is COc1ccccc1CNC(=O)c1nc(-c2cn(-c3nccs3)cn2)n2ccccc12. The van der Waals surface area contributed by atoms with Gasteiger partial charge in [0.15, 0.2) is 16.6 Å². The summed E-state index contributed by atoms with van der Waals surface area (Å²) >= 11 is 1.52. The number of pyridine rings is 1. The summed E-state index contributed by atoms with van der Waals surface area (Å²) in [4.78, 5) is 26.4. The molecule has 4 aromatic heterocycles. The lowest BCUT2D eigenvalue weighted by Crippen LogP contribution is -2.23. The molecular weight excluding hydrogens is 412 g/mol. The largest absolute Gasteiger partial charge is 0.496 e. The zero-order valence-corrected chi connectivity index (χ0v) is 17.4. The van der Waals surface area contributed by atoms with Crippen molar-refractivity contribution in [3.8, 4) is 22.4 Å². The van der Waals surface area contributed by atoms with Gasteiger partial charge in [-0.15, -0.1) is 11.3 Å². The summed E-state index contributed by atoms with van der Waals surface area (Å²) in [5, 5.41) is 5.67. The Bertz CT molecular complexity index is 1360. The predicted octanol–water partition coefficient (Wildman–Crippen LogP) is 3.58. The fourth-order valence-corrected chi connectivity index (χ4v) is 3.97. The molecule has 1 amide bonds. The number of para-hydroxylation sites is 1. The lowest BCUT2D eigenvalue weighted by Gasteiger charge is -2.08. The first-order valence-electron chi connectivity index (χ1n) is 9.56. The summed E-state index contributed by atoms with van der Waals surface area (Å²) < 4.78 is 9.07. The van der Waals surface area contributed by atoms with Crippen LogP contribution in [0.25, 0.3) is 22.2 Å². The average molecular weight is 430 g/mol. The first kappa shape index (κ1) is 19.0. The molecule has 8 nitrogen and oxygen atoms in total. The van der Waals surface area contributed by atoms with Crippen molar-refractivity contribution in [2.24, 2.45) is 0 Å². The molecule has 31 heavy (non-hydrogen) atoms. The molecule has 0 radical (unpaired) electrons. The van der Waals surface area contributed by atoms with Crippen LogP contribution in [0.4, 0.5) is 0 Å². The number of carbonyl (C=O) groups is 1. The summed E-state index contributed by atoms with van der Waals surface area (Å²) in [6.07, 6.45) is 7.17. The van der Waals surface area contributed by atoms with Crippen LogP contribution in [0.2, 0.25) is 0 Å². The number of imidazole rings is 2. The van der Waals surface area contributed by atoms with Crippen molar-refractivity contribution < 1.29 is 9.53 Å². The Labute approximate surface area is 181 Å². The van der Waals surface area contributed by atoms with Gasteiger partial charge in [0.2, 0.25) is 0 Å². The van der Waals surface area contributed by atoms with Gasteiger partial charge < -0.3 is 10.1 Å². The van der Waals surface area contributed by atoms with Crippen molar-refractivity contribution in [3.05, 3.63) is 84.0 Å². The fraction of sp³-hybridized carbons (Fsp3) is 0.0909. The maximum absolute atomic E-state index is 13.0. The number of hydrogen-bond acceptors (Lipinski definition) is 6. The number of hydrogen-bond donors (Lipinski definition) is 1. The summed E-state index contributed by atoms with van der Waals surface area (Å²) in [6.45, 7) is 0.336. The summed E-state index contributed by atoms with van der Waals surface area (Å²) in [5.41, 5.74) is 2.59. The van der Waals surface area contributed by atoms with Crippen LogP contribution in [-0.4, -0.2) is 36.9 Å². The topological polar surface area (TPSA) is 86.3 Å². The molecule has 0 aliphatic heterocycles. The second kappa shape index (κ2) is 8.04. The normalized spacial score (nSPS) is 11.0. The van der Waals surface area contributed by atoms with E-state index in [2.05, 4.69) is 20.3 Å². The zero-order chi connectivity index (χ0) is 21.2. The van der Waals surface area contributed by atoms with Gasteiger partial charge in [0.25, 0.3) is 5.91 Å². The third-order valence-electron chi connectivity index (χ3n) is 4.85. The molecule has 0 atom stereocenters. The number of amides is 1. The van der Waals surface area contributed by atoms with Crippen LogP contribution in [0.1, 0.15) is 16.1 Å². The van der Waals surface area contributed by atoms with Crippen molar-refractivity contribution in [1.29, 1.82) is 0 Å². The third-order valence-corrected chi connectivity index (χ3v) is 5.63. The monoisotopic (exact) mass is 430 g/mol. The number of methoxy groups -OCH3 is 1. The van der Waals surface area contributed by atoms with Gasteiger partial charge >= 0.3 is 0 Å². The Hall–Kier alpha value is -3.98. The van der Waals surface area contributed by atoms with Crippen LogP contribution in [0, 0.1) is 0 Å². The van der Waals surface area contributed by atoms with Gasteiger partial charge in [-0.1, -0.05) is 24.3 Å². The summed E-state index contributed by atoms with van der Waals surface area (Å²) in [6, 6.07) is 13.2. The fourth-order valence-electron chi connectivity index (χ4n) is 3.38. The van der Waals surface area contributed by atoms with Crippen LogP contribution in [-0.2, 0) is 6.54 Å². The van der Waals surface area contributed by atoms with E-state index in [0.717, 1.165) is 16.4 Å². The maximum atomic E-state index is 13.0. The molecule has 0 saturated heterocycles. The minimum atomic E-state index is -0.264. The quantitative estimate of drug-likeness (QED) is 0.445. The van der Waals surface area contributed by atoms with E-state index < -0.39 is 0 Å². The number of benzene rings is 1. The smallest absolute Gasteiger partial charge is 0.272 e. The molecule has 0 saturated carbocycles. The molecule has 1 N–H and O–H groups in total. The van der Waals surface area contributed by atoms with E-state index in [1.807, 2.05) is 69.2 Å². The van der Waals surface area contributed by atoms with E-state index in [1.54, 1.807) is 19.6 Å². The van der Waals surface area contributed by atoms with Crippen molar-refractivity contribution in [2.45, 2.75) is 6.54 Å².